The maximum Gasteiger partial charge on any atom is 0.265 e. The average molecular weight is 242 g/mol. The molecule has 2 N–H and O–H groups in total. The van der Waals surface area contributed by atoms with E-state index in [0.717, 1.165) is 18.2 Å². The monoisotopic (exact) mass is 241 g/mol. The van der Waals surface area contributed by atoms with Crippen LogP contribution in [0.4, 0.5) is 8.78 Å². The zero-order valence-electron chi connectivity index (χ0n) is 6.75. The Morgan fingerprint density at radius 3 is 2.36 bits per heavy atom. The molecule has 0 atom stereocenters. The van der Waals surface area contributed by atoms with Crippen LogP contribution in [-0.2, 0) is 10.0 Å². The van der Waals surface area contributed by atoms with Gasteiger partial charge in [-0.3, -0.25) is 0 Å². The summed E-state index contributed by atoms with van der Waals surface area (Å²) in [5, 5.41) is 4.57. The maximum absolute atomic E-state index is 12.3. The molecule has 3 nitrogen and oxygen atoms in total. The lowest BCUT2D eigenvalue weighted by Crippen LogP contribution is -2.12. The highest BCUT2D eigenvalue weighted by Gasteiger charge is 2.16. The van der Waals surface area contributed by atoms with E-state index in [1.807, 2.05) is 0 Å². The topological polar surface area (TPSA) is 60.2 Å². The van der Waals surface area contributed by atoms with Crippen LogP contribution in [0.3, 0.4) is 0 Å². The third kappa shape index (κ3) is 2.40. The van der Waals surface area contributed by atoms with Gasteiger partial charge in [-0.2, -0.15) is 0 Å². The van der Waals surface area contributed by atoms with E-state index in [0.29, 0.717) is 0 Å². The number of alkyl halides is 2. The third-order valence-electron chi connectivity index (χ3n) is 1.53. The van der Waals surface area contributed by atoms with Gasteiger partial charge in [0.15, 0.2) is 0 Å². The molecule has 0 unspecified atom stereocenters. The lowest BCUT2D eigenvalue weighted by Gasteiger charge is -2.04. The van der Waals surface area contributed by atoms with Gasteiger partial charge < -0.3 is 0 Å². The van der Waals surface area contributed by atoms with Crippen molar-refractivity contribution in [3.63, 3.8) is 0 Å². The zero-order chi connectivity index (χ0) is 10.9. The summed E-state index contributed by atoms with van der Waals surface area (Å²) in [4.78, 5) is -0.378. The van der Waals surface area contributed by atoms with Crippen molar-refractivity contribution in [2.75, 3.05) is 0 Å². The van der Waals surface area contributed by atoms with Crippen LogP contribution in [0, 0.1) is 0 Å². The summed E-state index contributed by atoms with van der Waals surface area (Å²) in [7, 11) is -3.97. The molecule has 0 aliphatic rings. The number of primary sulfonamides is 1. The Bertz CT molecular complexity index is 447. The Hall–Kier alpha value is -0.720. The largest absolute Gasteiger partial charge is 0.265 e. The van der Waals surface area contributed by atoms with Gasteiger partial charge in [0, 0.05) is 10.6 Å². The van der Waals surface area contributed by atoms with Crippen LogP contribution in [0.5, 0.6) is 0 Å². The van der Waals surface area contributed by atoms with E-state index in [1.54, 1.807) is 0 Å². The first-order valence-electron chi connectivity index (χ1n) is 3.43. The van der Waals surface area contributed by atoms with Gasteiger partial charge in [0.1, 0.15) is 0 Å². The van der Waals surface area contributed by atoms with E-state index in [4.69, 9.17) is 16.7 Å². The molecule has 0 aliphatic carbocycles. The van der Waals surface area contributed by atoms with E-state index in [2.05, 4.69) is 0 Å². The van der Waals surface area contributed by atoms with Crippen molar-refractivity contribution < 1.29 is 17.2 Å². The number of halogens is 3. The summed E-state index contributed by atoms with van der Waals surface area (Å²) in [5.41, 5.74) is -0.543. The van der Waals surface area contributed by atoms with Crippen LogP contribution in [0.25, 0.3) is 0 Å². The molecule has 0 fully saturated rings. The lowest BCUT2D eigenvalue weighted by molar-refractivity contribution is 0.151. The molecule has 78 valence electrons. The summed E-state index contributed by atoms with van der Waals surface area (Å²) in [6.45, 7) is 0. The van der Waals surface area contributed by atoms with E-state index in [-0.39, 0.29) is 9.92 Å². The first-order valence-corrected chi connectivity index (χ1v) is 5.35. The summed E-state index contributed by atoms with van der Waals surface area (Å²) < 4.78 is 46.2. The summed E-state index contributed by atoms with van der Waals surface area (Å²) in [5.74, 6) is 0. The summed E-state index contributed by atoms with van der Waals surface area (Å²) >= 11 is 5.43. The fourth-order valence-corrected chi connectivity index (χ4v) is 1.62. The Labute approximate surface area is 84.5 Å². The van der Waals surface area contributed by atoms with Crippen LogP contribution < -0.4 is 5.14 Å². The first kappa shape index (κ1) is 11.4. The predicted octanol–water partition coefficient (Wildman–Crippen LogP) is 1.93. The fourth-order valence-electron chi connectivity index (χ4n) is 0.866. The minimum absolute atomic E-state index is 0.188. The highest BCUT2D eigenvalue weighted by atomic mass is 35.5. The molecule has 0 saturated heterocycles. The smallest absolute Gasteiger partial charge is 0.225 e. The molecule has 1 rings (SSSR count). The van der Waals surface area contributed by atoms with Gasteiger partial charge >= 0.3 is 0 Å². The SMILES string of the molecule is NS(=O)(=O)c1ccc(Cl)c(C(F)F)c1. The van der Waals surface area contributed by atoms with E-state index >= 15 is 0 Å². The van der Waals surface area contributed by atoms with Gasteiger partial charge in [-0.25, -0.2) is 22.3 Å². The fraction of sp³-hybridized carbons (Fsp3) is 0.143. The molecule has 0 aliphatic heterocycles. The highest BCUT2D eigenvalue weighted by Crippen LogP contribution is 2.28. The van der Waals surface area contributed by atoms with Crippen LogP contribution in [-0.4, -0.2) is 8.42 Å². The van der Waals surface area contributed by atoms with Crippen molar-refractivity contribution in [3.05, 3.63) is 28.8 Å². The van der Waals surface area contributed by atoms with Gasteiger partial charge in [0.2, 0.25) is 10.0 Å². The Morgan fingerprint density at radius 1 is 1.36 bits per heavy atom. The second-order valence-electron chi connectivity index (χ2n) is 2.53. The molecule has 0 saturated carbocycles. The normalized spacial score (nSPS) is 12.1. The summed E-state index contributed by atoms with van der Waals surface area (Å²) in [6, 6.07) is 2.91. The number of hydrogen-bond acceptors (Lipinski definition) is 2. The Kier molecular flexibility index (Phi) is 3.08. The predicted molar refractivity (Wildman–Crippen MR) is 47.8 cm³/mol. The van der Waals surface area contributed by atoms with Crippen LogP contribution in [0.1, 0.15) is 12.0 Å². The van der Waals surface area contributed by atoms with Crippen molar-refractivity contribution in [2.24, 2.45) is 5.14 Å². The lowest BCUT2D eigenvalue weighted by atomic mass is 10.2. The molecule has 0 aromatic heterocycles. The van der Waals surface area contributed by atoms with Crippen LogP contribution in [0.2, 0.25) is 5.02 Å². The van der Waals surface area contributed by atoms with Gasteiger partial charge in [-0.05, 0) is 18.2 Å². The molecule has 7 heteroatoms. The van der Waals surface area contributed by atoms with Crippen molar-refractivity contribution in [3.8, 4) is 0 Å². The minimum atomic E-state index is -3.97. The number of benzene rings is 1. The van der Waals surface area contributed by atoms with E-state index < -0.39 is 22.0 Å². The minimum Gasteiger partial charge on any atom is -0.225 e. The molecule has 1 aromatic rings. The number of hydrogen-bond donors (Lipinski definition) is 1. The van der Waals surface area contributed by atoms with Crippen molar-refractivity contribution in [2.45, 2.75) is 11.3 Å². The second-order valence-corrected chi connectivity index (χ2v) is 4.50. The van der Waals surface area contributed by atoms with Crippen LogP contribution >= 0.6 is 11.6 Å². The molecule has 0 bridgehead atoms. The molecule has 0 heterocycles. The number of nitrogens with two attached hydrogens (primary N) is 1. The van der Waals surface area contributed by atoms with Crippen molar-refractivity contribution in [1.82, 2.24) is 0 Å². The van der Waals surface area contributed by atoms with Crippen molar-refractivity contribution in [1.29, 1.82) is 0 Å². The van der Waals surface area contributed by atoms with Gasteiger partial charge in [0.05, 0.1) is 4.90 Å². The molecule has 0 spiro atoms. The standard InChI is InChI=1S/C7H6ClF2NO2S/c8-6-2-1-4(14(11,12)13)3-5(6)7(9)10/h1-3,7H,(H2,11,12,13). The van der Waals surface area contributed by atoms with E-state index in [1.165, 1.54) is 0 Å². The Balaban J connectivity index is 3.34. The second kappa shape index (κ2) is 3.80. The average Bonchev–Trinajstić information content (AvgIpc) is 2.02. The summed E-state index contributed by atoms with van der Waals surface area (Å²) in [6.07, 6.45) is -2.83. The van der Waals surface area contributed by atoms with E-state index in [9.17, 15) is 17.2 Å². The van der Waals surface area contributed by atoms with Gasteiger partial charge in [-0.1, -0.05) is 11.6 Å². The van der Waals surface area contributed by atoms with Gasteiger partial charge in [0.25, 0.3) is 6.43 Å². The quantitative estimate of drug-likeness (QED) is 0.860. The Morgan fingerprint density at radius 2 is 1.93 bits per heavy atom. The molecule has 0 amide bonds. The zero-order valence-corrected chi connectivity index (χ0v) is 8.32. The molecule has 0 radical (unpaired) electrons. The number of rotatable bonds is 2. The third-order valence-corrected chi connectivity index (χ3v) is 2.79. The molecular weight excluding hydrogens is 236 g/mol. The molecule has 14 heavy (non-hydrogen) atoms. The first-order chi connectivity index (χ1) is 6.32. The number of sulfonamides is 1. The maximum atomic E-state index is 12.3. The van der Waals surface area contributed by atoms with Crippen LogP contribution in [0.15, 0.2) is 23.1 Å². The van der Waals surface area contributed by atoms with Crippen molar-refractivity contribution >= 4 is 21.6 Å². The highest BCUT2D eigenvalue weighted by molar-refractivity contribution is 7.89. The van der Waals surface area contributed by atoms with Gasteiger partial charge in [-0.15, -0.1) is 0 Å². The molecular formula is C7H6ClF2NO2S. The molecule has 1 aromatic carbocycles.